The third kappa shape index (κ3) is 28.5. The summed E-state index contributed by atoms with van der Waals surface area (Å²) in [5.74, 6) is -1.75. The van der Waals surface area contributed by atoms with E-state index in [-0.39, 0.29) is 25.8 Å². The molecular weight excluding hydrogens is 632 g/mol. The number of ketones is 1. The molecule has 0 aliphatic rings. The van der Waals surface area contributed by atoms with Crippen molar-refractivity contribution in [3.63, 3.8) is 0 Å². The molecule has 276 valence electrons. The first-order chi connectivity index (χ1) is 23.6. The molecule has 48 heavy (non-hydrogen) atoms. The average Bonchev–Trinajstić information content (AvgIpc) is 3.10. The summed E-state index contributed by atoms with van der Waals surface area (Å²) in [6, 6.07) is 8.25. The maximum atomic E-state index is 11.9. The highest BCUT2D eigenvalue weighted by Gasteiger charge is 2.17. The smallest absolute Gasteiger partial charge is 0.379 e. The molecule has 14 heteroatoms. The molecule has 14 nitrogen and oxygen atoms in total. The quantitative estimate of drug-likeness (QED) is 0.0439. The Balaban J connectivity index is 1.67. The second-order valence-corrected chi connectivity index (χ2v) is 10.0. The van der Waals surface area contributed by atoms with Gasteiger partial charge in [-0.1, -0.05) is 50.1 Å². The fraction of sp³-hybridized carbons (Fsp3) is 0.735. The molecule has 0 amide bonds. The average molecular weight is 689 g/mol. The van der Waals surface area contributed by atoms with E-state index in [2.05, 4.69) is 6.92 Å². The van der Waals surface area contributed by atoms with Gasteiger partial charge in [-0.05, 0) is 6.42 Å². The minimum absolute atomic E-state index is 0.00567. The van der Waals surface area contributed by atoms with Crippen LogP contribution < -0.4 is 0 Å². The summed E-state index contributed by atoms with van der Waals surface area (Å²) in [4.78, 5) is 35.1. The predicted octanol–water partition coefficient (Wildman–Crippen LogP) is 2.69. The Hall–Kier alpha value is -2.53. The lowest BCUT2D eigenvalue weighted by Crippen LogP contribution is -2.20. The minimum atomic E-state index is -0.900. The molecule has 0 bridgehead atoms. The van der Waals surface area contributed by atoms with Crippen molar-refractivity contribution in [2.24, 2.45) is 0 Å². The zero-order valence-electron chi connectivity index (χ0n) is 28.6. The highest BCUT2D eigenvalue weighted by Crippen LogP contribution is 2.02. The predicted molar refractivity (Wildman–Crippen MR) is 174 cm³/mol. The van der Waals surface area contributed by atoms with E-state index in [1.165, 1.54) is 0 Å². The van der Waals surface area contributed by atoms with Gasteiger partial charge in [0.25, 0.3) is 5.78 Å². The first-order valence-electron chi connectivity index (χ1n) is 16.8. The highest BCUT2D eigenvalue weighted by atomic mass is 16.6. The van der Waals surface area contributed by atoms with E-state index in [4.69, 9.17) is 52.1 Å². The molecule has 0 radical (unpaired) electrons. The van der Waals surface area contributed by atoms with E-state index in [9.17, 15) is 14.4 Å². The second kappa shape index (κ2) is 34.3. The van der Waals surface area contributed by atoms with Gasteiger partial charge in [0.15, 0.2) is 0 Å². The van der Waals surface area contributed by atoms with E-state index >= 15 is 0 Å². The van der Waals surface area contributed by atoms with Crippen molar-refractivity contribution >= 4 is 17.7 Å². The molecule has 0 atom stereocenters. The van der Waals surface area contributed by atoms with Crippen molar-refractivity contribution in [2.45, 2.75) is 32.6 Å². The number of rotatable bonds is 36. The third-order valence-electron chi connectivity index (χ3n) is 6.13. The van der Waals surface area contributed by atoms with Gasteiger partial charge >= 0.3 is 11.9 Å². The molecule has 1 aromatic rings. The maximum absolute atomic E-state index is 11.9. The zero-order chi connectivity index (χ0) is 34.6. The monoisotopic (exact) mass is 688 g/mol. The third-order valence-corrected chi connectivity index (χ3v) is 6.13. The second-order valence-electron chi connectivity index (χ2n) is 10.0. The van der Waals surface area contributed by atoms with Gasteiger partial charge in [0, 0.05) is 12.0 Å². The Kier molecular flexibility index (Phi) is 31.1. The molecule has 0 fully saturated rings. The molecule has 0 heterocycles. The number of esters is 2. The molecule has 0 aliphatic heterocycles. The van der Waals surface area contributed by atoms with Gasteiger partial charge in [0.1, 0.15) is 13.2 Å². The lowest BCUT2D eigenvalue weighted by molar-refractivity contribution is -0.145. The number of unbranched alkanes of at least 4 members (excludes halogenated alkanes) is 2. The van der Waals surface area contributed by atoms with Gasteiger partial charge in [-0.25, -0.2) is 4.79 Å². The van der Waals surface area contributed by atoms with Gasteiger partial charge in [-0.3, -0.25) is 9.59 Å². The first-order valence-corrected chi connectivity index (χ1v) is 16.8. The Morgan fingerprint density at radius 2 is 0.771 bits per heavy atom. The van der Waals surface area contributed by atoms with Crippen LogP contribution in [0.4, 0.5) is 0 Å². The van der Waals surface area contributed by atoms with E-state index in [0.29, 0.717) is 124 Å². The van der Waals surface area contributed by atoms with Crippen molar-refractivity contribution in [3.05, 3.63) is 35.9 Å². The Morgan fingerprint density at radius 1 is 0.438 bits per heavy atom. The van der Waals surface area contributed by atoms with Gasteiger partial charge in [-0.15, -0.1) is 0 Å². The lowest BCUT2D eigenvalue weighted by atomic mass is 10.1. The van der Waals surface area contributed by atoms with Gasteiger partial charge in [0.2, 0.25) is 0 Å². The summed E-state index contributed by atoms with van der Waals surface area (Å²) in [7, 11) is 0. The summed E-state index contributed by atoms with van der Waals surface area (Å²) in [6.45, 7) is 10.1. The van der Waals surface area contributed by atoms with Crippen LogP contribution in [0.3, 0.4) is 0 Å². The topological polar surface area (TPSA) is 153 Å². The molecule has 0 aliphatic carbocycles. The van der Waals surface area contributed by atoms with Crippen LogP contribution in [0.1, 0.15) is 43.0 Å². The molecule has 0 N–H and O–H groups in total. The van der Waals surface area contributed by atoms with Crippen LogP contribution in [-0.2, 0) is 61.7 Å². The van der Waals surface area contributed by atoms with Crippen LogP contribution in [0.15, 0.2) is 30.3 Å². The van der Waals surface area contributed by atoms with Crippen LogP contribution in [-0.4, -0.2) is 150 Å². The molecule has 0 unspecified atom stereocenters. The van der Waals surface area contributed by atoms with Gasteiger partial charge in [-0.2, -0.15) is 0 Å². The van der Waals surface area contributed by atoms with Crippen molar-refractivity contribution < 1.29 is 66.5 Å². The van der Waals surface area contributed by atoms with Crippen LogP contribution in [0.2, 0.25) is 0 Å². The standard InChI is InChI=1S/C34H56O14/c1-2-3-5-10-32(35)47-29-27-45-25-23-43-21-19-41-17-15-39-13-11-38-12-14-40-16-18-42-20-22-44-24-26-46-28-30-48-34(37)33(36)31-8-6-4-7-9-31/h4,6-9H,2-3,5,10-30H2,1H3. The lowest BCUT2D eigenvalue weighted by Gasteiger charge is -2.09. The molecule has 0 aromatic heterocycles. The summed E-state index contributed by atoms with van der Waals surface area (Å²) >= 11 is 0. The largest absolute Gasteiger partial charge is 0.463 e. The molecular formula is C34H56O14. The number of hydrogen-bond donors (Lipinski definition) is 0. The summed E-state index contributed by atoms with van der Waals surface area (Å²) < 4.78 is 58.8. The minimum Gasteiger partial charge on any atom is -0.463 e. The van der Waals surface area contributed by atoms with Crippen LogP contribution in [0.25, 0.3) is 0 Å². The summed E-state index contributed by atoms with van der Waals surface area (Å²) in [5.41, 5.74) is 0.293. The zero-order valence-corrected chi connectivity index (χ0v) is 28.6. The SMILES string of the molecule is CCCCCC(=O)OCCOCCOCCOCCOCCOCCOCCOCCOCCOCCOC(=O)C(=O)c1ccccc1. The molecule has 1 rings (SSSR count). The van der Waals surface area contributed by atoms with E-state index in [0.717, 1.165) is 19.3 Å². The van der Waals surface area contributed by atoms with Crippen LogP contribution in [0.5, 0.6) is 0 Å². The van der Waals surface area contributed by atoms with Crippen LogP contribution in [0, 0.1) is 0 Å². The van der Waals surface area contributed by atoms with Crippen molar-refractivity contribution in [2.75, 3.05) is 132 Å². The highest BCUT2D eigenvalue weighted by molar-refractivity contribution is 6.40. The van der Waals surface area contributed by atoms with Gasteiger partial charge in [0.05, 0.1) is 119 Å². The number of carbonyl (C=O) groups excluding carboxylic acids is 3. The fourth-order valence-electron chi connectivity index (χ4n) is 3.63. The van der Waals surface area contributed by atoms with Crippen LogP contribution >= 0.6 is 0 Å². The normalized spacial score (nSPS) is 11.1. The molecule has 1 aromatic carbocycles. The maximum Gasteiger partial charge on any atom is 0.379 e. The fourth-order valence-corrected chi connectivity index (χ4v) is 3.63. The van der Waals surface area contributed by atoms with E-state index in [1.807, 2.05) is 0 Å². The number of ether oxygens (including phenoxy) is 11. The van der Waals surface area contributed by atoms with E-state index in [1.54, 1.807) is 30.3 Å². The number of hydrogen-bond acceptors (Lipinski definition) is 14. The number of benzene rings is 1. The Bertz CT molecular complexity index is 886. The summed E-state index contributed by atoms with van der Waals surface area (Å²) in [5, 5.41) is 0. The van der Waals surface area contributed by atoms with Crippen molar-refractivity contribution in [1.82, 2.24) is 0 Å². The molecule has 0 saturated heterocycles. The summed E-state index contributed by atoms with van der Waals surface area (Å²) in [6.07, 6.45) is 3.46. The Morgan fingerprint density at radius 3 is 1.12 bits per heavy atom. The first kappa shape index (κ1) is 43.5. The van der Waals surface area contributed by atoms with Crippen molar-refractivity contribution in [3.8, 4) is 0 Å². The van der Waals surface area contributed by atoms with Gasteiger partial charge < -0.3 is 52.1 Å². The number of Topliss-reactive ketones (excluding diaryl/α,β-unsaturated/α-hetero) is 1. The van der Waals surface area contributed by atoms with Crippen molar-refractivity contribution in [1.29, 1.82) is 0 Å². The number of carbonyl (C=O) groups is 3. The molecule has 0 spiro atoms. The van der Waals surface area contributed by atoms with E-state index < -0.39 is 11.8 Å². The Labute approximate surface area is 284 Å². The molecule has 0 saturated carbocycles.